The number of nitrogens with zero attached hydrogens (tertiary/aromatic N) is 1. The molecule has 0 heterocycles. The molecule has 1 rings (SSSR count). The molecule has 0 aliphatic carbocycles. The van der Waals surface area contributed by atoms with Gasteiger partial charge < -0.3 is 4.74 Å². The number of rotatable bonds is 3. The quantitative estimate of drug-likeness (QED) is 0.599. The lowest BCUT2D eigenvalue weighted by molar-refractivity contribution is -0.385. The van der Waals surface area contributed by atoms with Gasteiger partial charge in [0.2, 0.25) is 0 Å². The minimum absolute atomic E-state index is 0.0547. The molecule has 0 spiro atoms. The Kier molecular flexibility index (Phi) is 3.41. The van der Waals surface area contributed by atoms with Crippen LogP contribution in [0.25, 0.3) is 0 Å². The number of nitro groups is 1. The number of alkyl halides is 2. The SMILES string of the molecule is Cc1cc([N+](=O)[O-])cc(OC(F)F)c1Cl. The first-order valence-electron chi connectivity index (χ1n) is 3.81. The standard InChI is InChI=1S/C8H6ClF2NO3/c1-4-2-5(12(13)14)3-6(7(4)9)15-8(10)11/h2-3,8H,1H3. The van der Waals surface area contributed by atoms with E-state index in [4.69, 9.17) is 11.6 Å². The maximum absolute atomic E-state index is 11.9. The summed E-state index contributed by atoms with van der Waals surface area (Å²) in [4.78, 5) is 9.72. The second-order valence-corrected chi connectivity index (χ2v) is 3.09. The first kappa shape index (κ1) is 11.6. The fourth-order valence-corrected chi connectivity index (χ4v) is 1.16. The van der Waals surface area contributed by atoms with Gasteiger partial charge in [-0.1, -0.05) is 11.6 Å². The van der Waals surface area contributed by atoms with Crippen LogP contribution in [0.5, 0.6) is 5.75 Å². The van der Waals surface area contributed by atoms with Crippen molar-refractivity contribution in [2.45, 2.75) is 13.5 Å². The van der Waals surface area contributed by atoms with Crippen molar-refractivity contribution < 1.29 is 18.4 Å². The average molecular weight is 238 g/mol. The smallest absolute Gasteiger partial charge is 0.387 e. The van der Waals surface area contributed by atoms with E-state index in [1.165, 1.54) is 13.0 Å². The van der Waals surface area contributed by atoms with Gasteiger partial charge >= 0.3 is 6.61 Å². The van der Waals surface area contributed by atoms with E-state index in [-0.39, 0.29) is 10.7 Å². The van der Waals surface area contributed by atoms with Gasteiger partial charge in [-0.2, -0.15) is 8.78 Å². The lowest BCUT2D eigenvalue weighted by atomic mass is 10.2. The van der Waals surface area contributed by atoms with Crippen LogP contribution in [0.2, 0.25) is 5.02 Å². The summed E-state index contributed by atoms with van der Waals surface area (Å²) in [7, 11) is 0. The number of ether oxygens (including phenoxy) is 1. The van der Waals surface area contributed by atoms with Crippen LogP contribution < -0.4 is 4.74 Å². The lowest BCUT2D eigenvalue weighted by Gasteiger charge is -2.07. The third-order valence-electron chi connectivity index (χ3n) is 1.63. The highest BCUT2D eigenvalue weighted by atomic mass is 35.5. The van der Waals surface area contributed by atoms with Crippen LogP contribution in [0.4, 0.5) is 14.5 Å². The summed E-state index contributed by atoms with van der Waals surface area (Å²) in [5.74, 6) is -0.390. The Morgan fingerprint density at radius 2 is 2.13 bits per heavy atom. The molecule has 0 amide bonds. The third-order valence-corrected chi connectivity index (χ3v) is 2.12. The van der Waals surface area contributed by atoms with Crippen molar-refractivity contribution in [3.05, 3.63) is 32.8 Å². The Labute approximate surface area is 88.6 Å². The lowest BCUT2D eigenvalue weighted by Crippen LogP contribution is -2.03. The molecule has 0 aliphatic rings. The van der Waals surface area contributed by atoms with E-state index >= 15 is 0 Å². The van der Waals surface area contributed by atoms with Crippen molar-refractivity contribution in [3.8, 4) is 5.75 Å². The van der Waals surface area contributed by atoms with Crippen molar-refractivity contribution in [1.82, 2.24) is 0 Å². The molecule has 0 fully saturated rings. The molecule has 7 heteroatoms. The average Bonchev–Trinajstić information content (AvgIpc) is 2.11. The first-order valence-corrected chi connectivity index (χ1v) is 4.19. The summed E-state index contributed by atoms with van der Waals surface area (Å²) >= 11 is 5.63. The second-order valence-electron chi connectivity index (χ2n) is 2.71. The zero-order valence-corrected chi connectivity index (χ0v) is 8.29. The Hall–Kier alpha value is -1.43. The van der Waals surface area contributed by atoms with Gasteiger partial charge in [-0.25, -0.2) is 0 Å². The van der Waals surface area contributed by atoms with Crippen LogP contribution in [-0.2, 0) is 0 Å². The Morgan fingerprint density at radius 1 is 1.53 bits per heavy atom. The number of benzene rings is 1. The largest absolute Gasteiger partial charge is 0.433 e. The van der Waals surface area contributed by atoms with E-state index in [0.29, 0.717) is 5.56 Å². The first-order chi connectivity index (χ1) is 6.91. The van der Waals surface area contributed by atoms with Gasteiger partial charge in [-0.15, -0.1) is 0 Å². The molecular weight excluding hydrogens is 232 g/mol. The third kappa shape index (κ3) is 2.76. The topological polar surface area (TPSA) is 52.4 Å². The molecule has 4 nitrogen and oxygen atoms in total. The van der Waals surface area contributed by atoms with Gasteiger partial charge in [0.15, 0.2) is 5.75 Å². The zero-order valence-electron chi connectivity index (χ0n) is 7.54. The van der Waals surface area contributed by atoms with Crippen molar-refractivity contribution >= 4 is 17.3 Å². The van der Waals surface area contributed by atoms with Crippen LogP contribution in [0, 0.1) is 17.0 Å². The number of hydrogen-bond acceptors (Lipinski definition) is 3. The van der Waals surface area contributed by atoms with E-state index in [9.17, 15) is 18.9 Å². The monoisotopic (exact) mass is 237 g/mol. The summed E-state index contributed by atoms with van der Waals surface area (Å²) in [6.45, 7) is -1.60. The molecule has 0 bridgehead atoms. The molecule has 0 unspecified atom stereocenters. The molecule has 0 atom stereocenters. The van der Waals surface area contributed by atoms with Crippen LogP contribution in [0.15, 0.2) is 12.1 Å². The molecule has 1 aromatic rings. The molecule has 0 N–H and O–H groups in total. The molecule has 15 heavy (non-hydrogen) atoms. The molecule has 0 aliphatic heterocycles. The summed E-state index contributed by atoms with van der Waals surface area (Å²) < 4.78 is 27.9. The summed E-state index contributed by atoms with van der Waals surface area (Å²) in [6.07, 6.45) is 0. The highest BCUT2D eigenvalue weighted by Gasteiger charge is 2.16. The highest BCUT2D eigenvalue weighted by Crippen LogP contribution is 2.33. The molecular formula is C8H6ClF2NO3. The Balaban J connectivity index is 3.19. The minimum Gasteiger partial charge on any atom is -0.433 e. The van der Waals surface area contributed by atoms with E-state index in [1.807, 2.05) is 0 Å². The fourth-order valence-electron chi connectivity index (χ4n) is 1.01. The van der Waals surface area contributed by atoms with Crippen molar-refractivity contribution in [2.75, 3.05) is 0 Å². The molecule has 0 saturated carbocycles. The minimum atomic E-state index is -3.07. The van der Waals surface area contributed by atoms with E-state index < -0.39 is 17.3 Å². The Morgan fingerprint density at radius 3 is 2.60 bits per heavy atom. The molecule has 1 aromatic carbocycles. The van der Waals surface area contributed by atoms with E-state index in [0.717, 1.165) is 6.07 Å². The maximum Gasteiger partial charge on any atom is 0.387 e. The second kappa shape index (κ2) is 4.39. The summed E-state index contributed by atoms with van der Waals surface area (Å²) in [5.41, 5.74) is -0.0333. The van der Waals surface area contributed by atoms with Crippen molar-refractivity contribution in [3.63, 3.8) is 0 Å². The predicted octanol–water partition coefficient (Wildman–Crippen LogP) is 3.16. The molecule has 0 radical (unpaired) electrons. The summed E-state index contributed by atoms with van der Waals surface area (Å²) in [5, 5.41) is 10.4. The predicted molar refractivity (Wildman–Crippen MR) is 49.5 cm³/mol. The van der Waals surface area contributed by atoms with Crippen LogP contribution >= 0.6 is 11.6 Å². The van der Waals surface area contributed by atoms with Crippen LogP contribution in [0.1, 0.15) is 5.56 Å². The van der Waals surface area contributed by atoms with Crippen molar-refractivity contribution in [1.29, 1.82) is 0 Å². The number of aryl methyl sites for hydroxylation is 1. The molecule has 82 valence electrons. The van der Waals surface area contributed by atoms with E-state index in [2.05, 4.69) is 4.74 Å². The van der Waals surface area contributed by atoms with Crippen LogP contribution in [0.3, 0.4) is 0 Å². The number of hydrogen-bond donors (Lipinski definition) is 0. The fraction of sp³-hybridized carbons (Fsp3) is 0.250. The van der Waals surface area contributed by atoms with E-state index in [1.54, 1.807) is 0 Å². The Bertz CT molecular complexity index is 398. The number of nitro benzene ring substituents is 1. The number of non-ortho nitro benzene ring substituents is 1. The van der Waals surface area contributed by atoms with Gasteiger partial charge in [0, 0.05) is 6.07 Å². The van der Waals surface area contributed by atoms with Gasteiger partial charge in [-0.3, -0.25) is 10.1 Å². The summed E-state index contributed by atoms with van der Waals surface area (Å²) in [6, 6.07) is 2.04. The van der Waals surface area contributed by atoms with Gasteiger partial charge in [-0.05, 0) is 12.5 Å². The normalized spacial score (nSPS) is 10.5. The maximum atomic E-state index is 11.9. The van der Waals surface area contributed by atoms with Gasteiger partial charge in [0.25, 0.3) is 5.69 Å². The van der Waals surface area contributed by atoms with Gasteiger partial charge in [0.05, 0.1) is 16.0 Å². The van der Waals surface area contributed by atoms with Crippen molar-refractivity contribution in [2.24, 2.45) is 0 Å². The number of halogens is 3. The molecule has 0 aromatic heterocycles. The van der Waals surface area contributed by atoms with Gasteiger partial charge in [0.1, 0.15) is 0 Å². The zero-order chi connectivity index (χ0) is 11.6. The molecule has 0 saturated heterocycles. The highest BCUT2D eigenvalue weighted by molar-refractivity contribution is 6.32. The van der Waals surface area contributed by atoms with Crippen LogP contribution in [-0.4, -0.2) is 11.5 Å².